The van der Waals surface area contributed by atoms with E-state index < -0.39 is 5.97 Å². The highest BCUT2D eigenvalue weighted by Crippen LogP contribution is 2.33. The minimum absolute atomic E-state index is 0.237. The highest BCUT2D eigenvalue weighted by atomic mass is 35.5. The first kappa shape index (κ1) is 12.4. The Morgan fingerprint density at radius 3 is 2.41 bits per heavy atom. The molecule has 0 aliphatic heterocycles. The molecule has 0 radical (unpaired) electrons. The zero-order chi connectivity index (χ0) is 12.3. The molecule has 1 atom stereocenters. The summed E-state index contributed by atoms with van der Waals surface area (Å²) >= 11 is 5.82. The van der Waals surface area contributed by atoms with Crippen LogP contribution in [0, 0.1) is 11.8 Å². The maximum atomic E-state index is 11.3. The molecule has 0 saturated heterocycles. The molecule has 92 valence electrons. The molecule has 0 spiro atoms. The van der Waals surface area contributed by atoms with Crippen molar-refractivity contribution in [2.24, 2.45) is 11.8 Å². The highest BCUT2D eigenvalue weighted by Gasteiger charge is 2.30. The average molecular weight is 253 g/mol. The first-order valence-electron chi connectivity index (χ1n) is 6.14. The number of hydrogen-bond donors (Lipinski definition) is 1. The van der Waals surface area contributed by atoms with E-state index in [0.717, 1.165) is 18.4 Å². The molecule has 0 amide bonds. The lowest BCUT2D eigenvalue weighted by Crippen LogP contribution is -2.24. The van der Waals surface area contributed by atoms with Gasteiger partial charge in [0.05, 0.1) is 5.92 Å². The van der Waals surface area contributed by atoms with Gasteiger partial charge in [-0.2, -0.15) is 0 Å². The van der Waals surface area contributed by atoms with E-state index in [2.05, 4.69) is 0 Å². The molecule has 1 N–H and O–H groups in total. The largest absolute Gasteiger partial charge is 0.481 e. The Kier molecular flexibility index (Phi) is 4.06. The molecule has 0 heterocycles. The van der Waals surface area contributed by atoms with Crippen LogP contribution in [0.15, 0.2) is 24.3 Å². The fourth-order valence-corrected chi connectivity index (χ4v) is 2.82. The number of carboxylic acids is 1. The van der Waals surface area contributed by atoms with E-state index in [1.165, 1.54) is 12.8 Å². The van der Waals surface area contributed by atoms with Crippen LogP contribution in [0.1, 0.15) is 31.2 Å². The predicted molar refractivity (Wildman–Crippen MR) is 68.2 cm³/mol. The van der Waals surface area contributed by atoms with E-state index in [4.69, 9.17) is 11.6 Å². The summed E-state index contributed by atoms with van der Waals surface area (Å²) in [5.74, 6) is -0.547. The van der Waals surface area contributed by atoms with Crippen LogP contribution in [0.2, 0.25) is 5.02 Å². The van der Waals surface area contributed by atoms with Crippen LogP contribution in [0.5, 0.6) is 0 Å². The van der Waals surface area contributed by atoms with E-state index in [-0.39, 0.29) is 5.92 Å². The zero-order valence-electron chi connectivity index (χ0n) is 9.73. The molecular weight excluding hydrogens is 236 g/mol. The third kappa shape index (κ3) is 3.22. The summed E-state index contributed by atoms with van der Waals surface area (Å²) in [7, 11) is 0. The fraction of sp³-hybridized carbons (Fsp3) is 0.500. The third-order valence-corrected chi connectivity index (χ3v) is 3.91. The summed E-state index contributed by atoms with van der Waals surface area (Å²) in [6.45, 7) is 0. The molecule has 1 aliphatic rings. The molecule has 2 rings (SSSR count). The third-order valence-electron chi connectivity index (χ3n) is 3.65. The lowest BCUT2D eigenvalue weighted by molar-refractivity contribution is -0.143. The van der Waals surface area contributed by atoms with Gasteiger partial charge in [0.2, 0.25) is 0 Å². The van der Waals surface area contributed by atoms with Crippen molar-refractivity contribution in [2.75, 3.05) is 0 Å². The smallest absolute Gasteiger partial charge is 0.307 e. The van der Waals surface area contributed by atoms with Crippen molar-refractivity contribution in [3.05, 3.63) is 34.9 Å². The number of carbonyl (C=O) groups is 1. The Hall–Kier alpha value is -1.02. The van der Waals surface area contributed by atoms with Crippen LogP contribution in [0.3, 0.4) is 0 Å². The quantitative estimate of drug-likeness (QED) is 0.886. The van der Waals surface area contributed by atoms with Crippen LogP contribution in [0.4, 0.5) is 0 Å². The SMILES string of the molecule is O=C(O)C(Cc1ccc(Cl)cc1)C1CCCC1. The maximum Gasteiger partial charge on any atom is 0.307 e. The standard InChI is InChI=1S/C14H17ClO2/c15-12-7-5-10(6-8-12)9-13(14(16)17)11-3-1-2-4-11/h5-8,11,13H,1-4,9H2,(H,16,17). The van der Waals surface area contributed by atoms with Gasteiger partial charge in [-0.3, -0.25) is 4.79 Å². The van der Waals surface area contributed by atoms with Crippen molar-refractivity contribution >= 4 is 17.6 Å². The van der Waals surface area contributed by atoms with Crippen LogP contribution >= 0.6 is 11.6 Å². The van der Waals surface area contributed by atoms with Gasteiger partial charge in [-0.25, -0.2) is 0 Å². The molecule has 1 fully saturated rings. The summed E-state index contributed by atoms with van der Waals surface area (Å²) in [5, 5.41) is 10.0. The summed E-state index contributed by atoms with van der Waals surface area (Å²) in [6.07, 6.45) is 5.09. The van der Waals surface area contributed by atoms with Crippen molar-refractivity contribution in [1.29, 1.82) is 0 Å². The van der Waals surface area contributed by atoms with Crippen molar-refractivity contribution in [2.45, 2.75) is 32.1 Å². The first-order chi connectivity index (χ1) is 8.16. The number of halogens is 1. The van der Waals surface area contributed by atoms with Crippen molar-refractivity contribution < 1.29 is 9.90 Å². The van der Waals surface area contributed by atoms with Crippen molar-refractivity contribution in [3.63, 3.8) is 0 Å². The van der Waals surface area contributed by atoms with Gasteiger partial charge in [0.25, 0.3) is 0 Å². The van der Waals surface area contributed by atoms with Gasteiger partial charge < -0.3 is 5.11 Å². The fourth-order valence-electron chi connectivity index (χ4n) is 2.69. The topological polar surface area (TPSA) is 37.3 Å². The Bertz CT molecular complexity index is 380. The molecule has 0 bridgehead atoms. The lowest BCUT2D eigenvalue weighted by Gasteiger charge is -2.19. The second-order valence-corrected chi connectivity index (χ2v) is 5.26. The van der Waals surface area contributed by atoms with Crippen LogP contribution < -0.4 is 0 Å². The second-order valence-electron chi connectivity index (χ2n) is 4.82. The predicted octanol–water partition coefficient (Wildman–Crippen LogP) is 3.77. The summed E-state index contributed by atoms with van der Waals surface area (Å²) in [4.78, 5) is 11.3. The van der Waals surface area contributed by atoms with Gasteiger partial charge in [-0.1, -0.05) is 36.6 Å². The van der Waals surface area contributed by atoms with Gasteiger partial charge in [0.15, 0.2) is 0 Å². The van der Waals surface area contributed by atoms with Gasteiger partial charge in [-0.15, -0.1) is 0 Å². The number of benzene rings is 1. The minimum atomic E-state index is -0.660. The van der Waals surface area contributed by atoms with E-state index in [9.17, 15) is 9.90 Å². The molecule has 1 aromatic carbocycles. The lowest BCUT2D eigenvalue weighted by atomic mass is 9.86. The minimum Gasteiger partial charge on any atom is -0.481 e. The first-order valence-corrected chi connectivity index (χ1v) is 6.52. The molecule has 1 unspecified atom stereocenters. The van der Waals surface area contributed by atoms with E-state index in [0.29, 0.717) is 17.4 Å². The van der Waals surface area contributed by atoms with Gasteiger partial charge in [-0.05, 0) is 42.9 Å². The van der Waals surface area contributed by atoms with E-state index >= 15 is 0 Å². The van der Waals surface area contributed by atoms with Crippen LogP contribution in [0.25, 0.3) is 0 Å². The molecule has 3 heteroatoms. The molecule has 1 aliphatic carbocycles. The molecule has 17 heavy (non-hydrogen) atoms. The Morgan fingerprint density at radius 2 is 1.88 bits per heavy atom. The summed E-state index contributed by atoms with van der Waals surface area (Å²) < 4.78 is 0. The zero-order valence-corrected chi connectivity index (χ0v) is 10.5. The summed E-state index contributed by atoms with van der Waals surface area (Å²) in [5.41, 5.74) is 1.06. The molecule has 1 aromatic rings. The Balaban J connectivity index is 2.06. The van der Waals surface area contributed by atoms with Gasteiger partial charge in [0.1, 0.15) is 0 Å². The Labute approximate surface area is 107 Å². The second kappa shape index (κ2) is 5.54. The van der Waals surface area contributed by atoms with Crippen molar-refractivity contribution in [3.8, 4) is 0 Å². The van der Waals surface area contributed by atoms with Crippen LogP contribution in [-0.4, -0.2) is 11.1 Å². The van der Waals surface area contributed by atoms with Crippen LogP contribution in [-0.2, 0) is 11.2 Å². The number of aliphatic carboxylic acids is 1. The number of rotatable bonds is 4. The highest BCUT2D eigenvalue weighted by molar-refractivity contribution is 6.30. The monoisotopic (exact) mass is 252 g/mol. The molecule has 1 saturated carbocycles. The van der Waals surface area contributed by atoms with E-state index in [1.807, 2.05) is 24.3 Å². The van der Waals surface area contributed by atoms with Gasteiger partial charge in [0, 0.05) is 5.02 Å². The van der Waals surface area contributed by atoms with Crippen molar-refractivity contribution in [1.82, 2.24) is 0 Å². The van der Waals surface area contributed by atoms with Gasteiger partial charge >= 0.3 is 5.97 Å². The summed E-state index contributed by atoms with van der Waals surface area (Å²) in [6, 6.07) is 7.50. The molecule has 2 nitrogen and oxygen atoms in total. The molecular formula is C14H17ClO2. The van der Waals surface area contributed by atoms with E-state index in [1.54, 1.807) is 0 Å². The number of hydrogen-bond acceptors (Lipinski definition) is 1. The molecule has 0 aromatic heterocycles. The maximum absolute atomic E-state index is 11.3. The average Bonchev–Trinajstić information content (AvgIpc) is 2.81. The Morgan fingerprint density at radius 1 is 1.29 bits per heavy atom. The number of carboxylic acid groups (broad SMARTS) is 1. The normalized spacial score (nSPS) is 18.2.